The van der Waals surface area contributed by atoms with Crippen molar-refractivity contribution >= 4 is 27.5 Å². The molecule has 0 spiro atoms. The Balaban J connectivity index is 2.04. The van der Waals surface area contributed by atoms with Crippen LogP contribution < -0.4 is 10.6 Å². The Morgan fingerprint density at radius 1 is 1.30 bits per heavy atom. The summed E-state index contributed by atoms with van der Waals surface area (Å²) in [5, 5.41) is 5.86. The number of amidine groups is 1. The summed E-state index contributed by atoms with van der Waals surface area (Å²) in [6.07, 6.45) is 0. The lowest BCUT2D eigenvalue weighted by atomic mass is 10.1. The number of nitrogens with zero attached hydrogens (tertiary/aromatic N) is 2. The zero-order valence-electron chi connectivity index (χ0n) is 13.8. The predicted molar refractivity (Wildman–Crippen MR) is 90.1 cm³/mol. The molecule has 1 aromatic rings. The smallest absolute Gasteiger partial charge is 0.286 e. The lowest BCUT2D eigenvalue weighted by Gasteiger charge is -2.25. The van der Waals surface area contributed by atoms with E-state index >= 15 is 0 Å². The fourth-order valence-corrected chi connectivity index (χ4v) is 3.39. The second-order valence-corrected chi connectivity index (χ2v) is 8.18. The van der Waals surface area contributed by atoms with Crippen molar-refractivity contribution in [2.45, 2.75) is 31.2 Å². The Hall–Kier alpha value is -1.93. The molecule has 0 aromatic heterocycles. The highest BCUT2D eigenvalue weighted by molar-refractivity contribution is 7.90. The molecule has 0 atom stereocenters. The summed E-state index contributed by atoms with van der Waals surface area (Å²) in [4.78, 5) is 13.8. The molecule has 1 heterocycles. The van der Waals surface area contributed by atoms with Crippen molar-refractivity contribution in [3.63, 3.8) is 0 Å². The van der Waals surface area contributed by atoms with Crippen molar-refractivity contribution in [3.05, 3.63) is 24.3 Å². The molecule has 1 aliphatic heterocycles. The number of rotatable bonds is 4. The molecule has 1 aromatic carbocycles. The first-order valence-electron chi connectivity index (χ1n) is 7.26. The summed E-state index contributed by atoms with van der Waals surface area (Å²) in [5.41, 5.74) is 0.200. The Labute approximate surface area is 136 Å². The number of para-hydroxylation sites is 1. The number of hydrogen-bond acceptors (Lipinski definition) is 5. The van der Waals surface area contributed by atoms with Crippen LogP contribution in [0.1, 0.15) is 20.8 Å². The zero-order valence-corrected chi connectivity index (χ0v) is 14.6. The van der Waals surface area contributed by atoms with E-state index in [0.717, 1.165) is 0 Å². The number of fused-ring (bicyclic) bond motifs is 1. The maximum atomic E-state index is 12.1. The summed E-state index contributed by atoms with van der Waals surface area (Å²) < 4.78 is 28.1. The van der Waals surface area contributed by atoms with Crippen LogP contribution in [0, 0.1) is 0 Å². The molecule has 1 amide bonds. The van der Waals surface area contributed by atoms with Gasteiger partial charge in [-0.1, -0.05) is 12.1 Å². The fourth-order valence-electron chi connectivity index (χ4n) is 2.25. The van der Waals surface area contributed by atoms with Gasteiger partial charge in [-0.25, -0.2) is 0 Å². The van der Waals surface area contributed by atoms with Crippen LogP contribution in [0.2, 0.25) is 0 Å². The molecule has 2 rings (SSSR count). The van der Waals surface area contributed by atoms with Crippen molar-refractivity contribution in [3.8, 4) is 0 Å². The van der Waals surface area contributed by atoms with Crippen LogP contribution in [0.25, 0.3) is 0 Å². The molecule has 0 aliphatic carbocycles. The summed E-state index contributed by atoms with van der Waals surface area (Å²) >= 11 is 0. The van der Waals surface area contributed by atoms with Gasteiger partial charge in [0.2, 0.25) is 5.91 Å². The van der Waals surface area contributed by atoms with Gasteiger partial charge in [-0.3, -0.25) is 9.69 Å². The Bertz CT molecular complexity index is 735. The maximum Gasteiger partial charge on any atom is 0.286 e. The van der Waals surface area contributed by atoms with Crippen LogP contribution in [0.15, 0.2) is 33.6 Å². The SMILES string of the molecule is CN(CC(=O)NC(C)(C)C)CC1=NS(=O)(=O)c2ccccc2N1. The summed E-state index contributed by atoms with van der Waals surface area (Å²) in [6.45, 7) is 6.09. The molecular weight excluding hydrogens is 316 g/mol. The Morgan fingerprint density at radius 2 is 1.96 bits per heavy atom. The van der Waals surface area contributed by atoms with Gasteiger partial charge in [-0.2, -0.15) is 8.42 Å². The number of sulfonamides is 1. The quantitative estimate of drug-likeness (QED) is 0.856. The highest BCUT2D eigenvalue weighted by Gasteiger charge is 2.25. The molecule has 0 saturated heterocycles. The van der Waals surface area contributed by atoms with Gasteiger partial charge >= 0.3 is 0 Å². The fraction of sp³-hybridized carbons (Fsp3) is 0.467. The lowest BCUT2D eigenvalue weighted by Crippen LogP contribution is -2.46. The van der Waals surface area contributed by atoms with Gasteiger partial charge in [0.1, 0.15) is 10.7 Å². The van der Waals surface area contributed by atoms with Gasteiger partial charge in [-0.15, -0.1) is 4.40 Å². The van der Waals surface area contributed by atoms with E-state index in [9.17, 15) is 13.2 Å². The first-order chi connectivity index (χ1) is 10.6. The number of carbonyl (C=O) groups excluding carboxylic acids is 1. The summed E-state index contributed by atoms with van der Waals surface area (Å²) in [7, 11) is -1.96. The molecular formula is C15H22N4O3S. The third kappa shape index (κ3) is 4.77. The van der Waals surface area contributed by atoms with Crippen LogP contribution in [0.5, 0.6) is 0 Å². The largest absolute Gasteiger partial charge is 0.350 e. The monoisotopic (exact) mass is 338 g/mol. The number of nitrogens with one attached hydrogen (secondary N) is 2. The van der Waals surface area contributed by atoms with Crippen LogP contribution in [0.4, 0.5) is 5.69 Å². The van der Waals surface area contributed by atoms with E-state index in [2.05, 4.69) is 15.0 Å². The first kappa shape index (κ1) is 17.4. The third-order valence-electron chi connectivity index (χ3n) is 3.02. The van der Waals surface area contributed by atoms with Gasteiger partial charge < -0.3 is 10.6 Å². The average molecular weight is 338 g/mol. The highest BCUT2D eigenvalue weighted by Crippen LogP contribution is 2.26. The molecule has 23 heavy (non-hydrogen) atoms. The minimum absolute atomic E-state index is 0.125. The van der Waals surface area contributed by atoms with Gasteiger partial charge in [0, 0.05) is 5.54 Å². The van der Waals surface area contributed by atoms with Crippen molar-refractivity contribution in [1.82, 2.24) is 10.2 Å². The molecule has 0 fully saturated rings. The Kier molecular flexibility index (Phi) is 4.76. The van der Waals surface area contributed by atoms with E-state index in [1.54, 1.807) is 30.1 Å². The van der Waals surface area contributed by atoms with E-state index in [-0.39, 0.29) is 29.4 Å². The second-order valence-electron chi connectivity index (χ2n) is 6.60. The molecule has 7 nitrogen and oxygen atoms in total. The Morgan fingerprint density at radius 3 is 2.61 bits per heavy atom. The topological polar surface area (TPSA) is 90.9 Å². The number of anilines is 1. The normalized spacial score (nSPS) is 16.3. The number of amides is 1. The number of hydrogen-bond donors (Lipinski definition) is 2. The molecule has 1 aliphatic rings. The average Bonchev–Trinajstić information content (AvgIpc) is 2.34. The third-order valence-corrected chi connectivity index (χ3v) is 4.39. The molecule has 0 unspecified atom stereocenters. The van der Waals surface area contributed by atoms with Crippen LogP contribution >= 0.6 is 0 Å². The van der Waals surface area contributed by atoms with Gasteiger partial charge in [-0.05, 0) is 40.0 Å². The van der Waals surface area contributed by atoms with Gasteiger partial charge in [0.25, 0.3) is 10.0 Å². The van der Waals surface area contributed by atoms with Gasteiger partial charge in [0.05, 0.1) is 18.8 Å². The van der Waals surface area contributed by atoms with E-state index in [0.29, 0.717) is 11.5 Å². The zero-order chi connectivity index (χ0) is 17.3. The number of carbonyl (C=O) groups is 1. The van der Waals surface area contributed by atoms with Crippen molar-refractivity contribution in [2.75, 3.05) is 25.5 Å². The first-order valence-corrected chi connectivity index (χ1v) is 8.70. The molecule has 8 heteroatoms. The van der Waals surface area contributed by atoms with Crippen LogP contribution in [0.3, 0.4) is 0 Å². The molecule has 0 saturated carbocycles. The minimum atomic E-state index is -3.70. The number of likely N-dealkylation sites (N-methyl/N-ethyl adjacent to an activating group) is 1. The second kappa shape index (κ2) is 6.29. The van der Waals surface area contributed by atoms with E-state index in [1.807, 2.05) is 20.8 Å². The highest BCUT2D eigenvalue weighted by atomic mass is 32.2. The molecule has 0 radical (unpaired) electrons. The van der Waals surface area contributed by atoms with E-state index in [4.69, 9.17) is 0 Å². The van der Waals surface area contributed by atoms with E-state index in [1.165, 1.54) is 6.07 Å². The lowest BCUT2D eigenvalue weighted by molar-refractivity contribution is -0.123. The minimum Gasteiger partial charge on any atom is -0.350 e. The van der Waals surface area contributed by atoms with Crippen molar-refractivity contribution in [2.24, 2.45) is 4.40 Å². The number of benzene rings is 1. The molecule has 0 bridgehead atoms. The maximum absolute atomic E-state index is 12.1. The summed E-state index contributed by atoms with van der Waals surface area (Å²) in [5.74, 6) is 0.175. The molecule has 126 valence electrons. The molecule has 2 N–H and O–H groups in total. The van der Waals surface area contributed by atoms with E-state index < -0.39 is 10.0 Å². The van der Waals surface area contributed by atoms with Crippen LogP contribution in [-0.2, 0) is 14.8 Å². The predicted octanol–water partition coefficient (Wildman–Crippen LogP) is 1.05. The van der Waals surface area contributed by atoms with Crippen molar-refractivity contribution < 1.29 is 13.2 Å². The van der Waals surface area contributed by atoms with Crippen molar-refractivity contribution in [1.29, 1.82) is 0 Å². The van der Waals surface area contributed by atoms with Crippen LogP contribution in [-0.4, -0.2) is 50.7 Å². The summed E-state index contributed by atoms with van der Waals surface area (Å²) in [6, 6.07) is 6.61. The van der Waals surface area contributed by atoms with Gasteiger partial charge in [0.15, 0.2) is 0 Å². The standard InChI is InChI=1S/C15H22N4O3S/c1-15(2,3)17-14(20)10-19(4)9-13-16-11-7-5-6-8-12(11)23(21,22)18-13/h5-8H,9-10H2,1-4H3,(H,16,18)(H,17,20).